The van der Waals surface area contributed by atoms with E-state index in [9.17, 15) is 14.4 Å². The fourth-order valence-electron chi connectivity index (χ4n) is 2.03. The van der Waals surface area contributed by atoms with Crippen molar-refractivity contribution in [2.45, 2.75) is 32.7 Å². The van der Waals surface area contributed by atoms with Crippen molar-refractivity contribution in [1.82, 2.24) is 10.5 Å². The summed E-state index contributed by atoms with van der Waals surface area (Å²) in [7, 11) is 0. The molecule has 0 aliphatic heterocycles. The molecule has 0 saturated heterocycles. The van der Waals surface area contributed by atoms with Crippen LogP contribution in [-0.4, -0.2) is 47.1 Å². The lowest BCUT2D eigenvalue weighted by molar-refractivity contribution is -0.146. The zero-order valence-electron chi connectivity index (χ0n) is 13.7. The van der Waals surface area contributed by atoms with E-state index in [1.165, 1.54) is 0 Å². The quantitative estimate of drug-likeness (QED) is 0.638. The van der Waals surface area contributed by atoms with Crippen LogP contribution in [0.3, 0.4) is 0 Å². The summed E-state index contributed by atoms with van der Waals surface area (Å²) < 4.78 is 9.70. The van der Waals surface area contributed by atoms with E-state index >= 15 is 0 Å². The Hall–Kier alpha value is -2.03. The maximum absolute atomic E-state index is 11.6. The molecule has 0 radical (unpaired) electrons. The van der Waals surface area contributed by atoms with E-state index in [0.717, 1.165) is 24.6 Å². The van der Waals surface area contributed by atoms with Gasteiger partial charge >= 0.3 is 5.97 Å². The monoisotopic (exact) mass is 355 g/mol. The van der Waals surface area contributed by atoms with E-state index in [4.69, 9.17) is 9.26 Å². The van der Waals surface area contributed by atoms with Gasteiger partial charge in [0, 0.05) is 12.1 Å². The number of amides is 2. The lowest BCUT2D eigenvalue weighted by atomic mass is 10.2. The molecule has 1 saturated carbocycles. The molecule has 132 valence electrons. The highest BCUT2D eigenvalue weighted by molar-refractivity contribution is 8.00. The second kappa shape index (κ2) is 8.72. The zero-order chi connectivity index (χ0) is 17.5. The van der Waals surface area contributed by atoms with Crippen molar-refractivity contribution in [3.8, 4) is 0 Å². The van der Waals surface area contributed by atoms with Gasteiger partial charge in [0.25, 0.3) is 5.91 Å². The number of carbonyl (C=O) groups excluding carboxylic acids is 3. The molecule has 9 heteroatoms. The summed E-state index contributed by atoms with van der Waals surface area (Å²) in [5.41, 5.74) is 0. The Morgan fingerprint density at radius 1 is 1.38 bits per heavy atom. The molecule has 0 spiro atoms. The maximum atomic E-state index is 11.6. The number of aromatic nitrogens is 1. The van der Waals surface area contributed by atoms with Crippen molar-refractivity contribution in [2.24, 2.45) is 5.92 Å². The van der Waals surface area contributed by atoms with Crippen LogP contribution in [0.4, 0.5) is 5.82 Å². The third kappa shape index (κ3) is 6.61. The van der Waals surface area contributed by atoms with E-state index in [-0.39, 0.29) is 36.0 Å². The molecule has 1 aromatic heterocycles. The molecule has 2 amide bonds. The molecule has 0 bridgehead atoms. The summed E-state index contributed by atoms with van der Waals surface area (Å²) in [6, 6.07) is 1.72. The normalized spacial score (nSPS) is 14.8. The first-order chi connectivity index (χ1) is 11.4. The third-order valence-electron chi connectivity index (χ3n) is 3.43. The smallest absolute Gasteiger partial charge is 0.316 e. The first kappa shape index (κ1) is 18.3. The number of ether oxygens (including phenoxy) is 1. The van der Waals surface area contributed by atoms with Crippen molar-refractivity contribution < 1.29 is 23.6 Å². The highest BCUT2D eigenvalue weighted by Crippen LogP contribution is 2.32. The fraction of sp³-hybridized carbons (Fsp3) is 0.600. The number of esters is 1. The van der Waals surface area contributed by atoms with Crippen LogP contribution in [0, 0.1) is 12.8 Å². The minimum absolute atomic E-state index is 0.00325. The molecule has 1 aliphatic carbocycles. The van der Waals surface area contributed by atoms with Crippen LogP contribution in [0.1, 0.15) is 25.5 Å². The standard InChI is InChI=1S/C15H21N3O5S/c1-9-5-12(18-23-9)17-14(20)7-24-8-15(21)22-6-13(19)16-10(2)11-3-4-11/h5,10-11H,3-4,6-8H2,1-2H3,(H,16,19)(H,17,18,20)/t10-/m1/s1. The maximum Gasteiger partial charge on any atom is 0.316 e. The molecule has 8 nitrogen and oxygen atoms in total. The molecule has 2 N–H and O–H groups in total. The van der Waals surface area contributed by atoms with Gasteiger partial charge in [-0.25, -0.2) is 0 Å². The van der Waals surface area contributed by atoms with Gasteiger partial charge in [-0.3, -0.25) is 14.4 Å². The minimum Gasteiger partial charge on any atom is -0.455 e. The van der Waals surface area contributed by atoms with Crippen molar-refractivity contribution in [2.75, 3.05) is 23.4 Å². The van der Waals surface area contributed by atoms with Crippen molar-refractivity contribution in [1.29, 1.82) is 0 Å². The average Bonchev–Trinajstić information content (AvgIpc) is 3.29. The van der Waals surface area contributed by atoms with Gasteiger partial charge in [-0.15, -0.1) is 11.8 Å². The molecule has 1 atom stereocenters. The van der Waals surface area contributed by atoms with Gasteiger partial charge in [-0.2, -0.15) is 0 Å². The second-order valence-electron chi connectivity index (χ2n) is 5.72. The average molecular weight is 355 g/mol. The number of nitrogens with one attached hydrogen (secondary N) is 2. The van der Waals surface area contributed by atoms with Crippen LogP contribution >= 0.6 is 11.8 Å². The number of aryl methyl sites for hydroxylation is 1. The highest BCUT2D eigenvalue weighted by atomic mass is 32.2. The van der Waals surface area contributed by atoms with Gasteiger partial charge in [0.15, 0.2) is 12.4 Å². The topological polar surface area (TPSA) is 111 Å². The van der Waals surface area contributed by atoms with Gasteiger partial charge in [0.1, 0.15) is 5.76 Å². The summed E-state index contributed by atoms with van der Waals surface area (Å²) in [5, 5.41) is 8.98. The number of rotatable bonds is 9. The van der Waals surface area contributed by atoms with Crippen molar-refractivity contribution >= 4 is 35.4 Å². The zero-order valence-corrected chi connectivity index (χ0v) is 14.5. The van der Waals surface area contributed by atoms with Gasteiger partial charge < -0.3 is 19.9 Å². The SMILES string of the molecule is Cc1cc(NC(=O)CSCC(=O)OCC(=O)N[C@H](C)C2CC2)no1. The minimum atomic E-state index is -0.528. The van der Waals surface area contributed by atoms with Crippen LogP contribution in [0.25, 0.3) is 0 Å². The molecule has 0 aromatic carbocycles. The molecule has 1 aliphatic rings. The molecule has 2 rings (SSSR count). The molecule has 0 unspecified atom stereocenters. The highest BCUT2D eigenvalue weighted by Gasteiger charge is 2.28. The number of hydrogen-bond acceptors (Lipinski definition) is 7. The Morgan fingerprint density at radius 3 is 2.75 bits per heavy atom. The summed E-state index contributed by atoms with van der Waals surface area (Å²) in [5.74, 6) is 0.427. The van der Waals surface area contributed by atoms with Gasteiger partial charge in [0.2, 0.25) is 5.91 Å². The van der Waals surface area contributed by atoms with Crippen molar-refractivity contribution in [3.05, 3.63) is 11.8 Å². The molecular weight excluding hydrogens is 334 g/mol. The Labute approximate surface area is 144 Å². The number of thioether (sulfide) groups is 1. The molecular formula is C15H21N3O5S. The van der Waals surface area contributed by atoms with E-state index in [2.05, 4.69) is 15.8 Å². The van der Waals surface area contributed by atoms with Crippen LogP contribution in [0.2, 0.25) is 0 Å². The van der Waals surface area contributed by atoms with Crippen LogP contribution in [0.5, 0.6) is 0 Å². The van der Waals surface area contributed by atoms with Gasteiger partial charge in [-0.1, -0.05) is 5.16 Å². The first-order valence-corrected chi connectivity index (χ1v) is 8.85. The molecule has 1 fully saturated rings. The summed E-state index contributed by atoms with van der Waals surface area (Å²) in [4.78, 5) is 34.8. The lowest BCUT2D eigenvalue weighted by Crippen LogP contribution is -2.37. The lowest BCUT2D eigenvalue weighted by Gasteiger charge is -2.12. The van der Waals surface area contributed by atoms with Crippen LogP contribution in [0.15, 0.2) is 10.6 Å². The molecule has 1 aromatic rings. The van der Waals surface area contributed by atoms with E-state index in [1.54, 1.807) is 13.0 Å². The Morgan fingerprint density at radius 2 is 2.12 bits per heavy atom. The molecule has 1 heterocycles. The largest absolute Gasteiger partial charge is 0.455 e. The Kier molecular flexibility index (Phi) is 6.65. The third-order valence-corrected chi connectivity index (χ3v) is 4.34. The predicted octanol–water partition coefficient (Wildman–Crippen LogP) is 1.11. The van der Waals surface area contributed by atoms with E-state index < -0.39 is 5.97 Å². The Balaban J connectivity index is 1.54. The Bertz CT molecular complexity index is 600. The summed E-state index contributed by atoms with van der Waals surface area (Å²) in [6.45, 7) is 3.37. The predicted molar refractivity (Wildman–Crippen MR) is 88.5 cm³/mol. The number of anilines is 1. The number of hydrogen-bond donors (Lipinski definition) is 2. The van der Waals surface area contributed by atoms with E-state index in [0.29, 0.717) is 17.5 Å². The first-order valence-electron chi connectivity index (χ1n) is 7.70. The number of carbonyl (C=O) groups is 3. The summed E-state index contributed by atoms with van der Waals surface area (Å²) >= 11 is 1.10. The molecule has 24 heavy (non-hydrogen) atoms. The van der Waals surface area contributed by atoms with Gasteiger partial charge in [0.05, 0.1) is 11.5 Å². The van der Waals surface area contributed by atoms with E-state index in [1.807, 2.05) is 6.92 Å². The van der Waals surface area contributed by atoms with Gasteiger partial charge in [-0.05, 0) is 32.6 Å². The second-order valence-corrected chi connectivity index (χ2v) is 6.70. The van der Waals surface area contributed by atoms with Crippen molar-refractivity contribution in [3.63, 3.8) is 0 Å². The fourth-order valence-corrected chi connectivity index (χ4v) is 2.64. The summed E-state index contributed by atoms with van der Waals surface area (Å²) in [6.07, 6.45) is 2.27. The number of nitrogens with zero attached hydrogens (tertiary/aromatic N) is 1. The van der Waals surface area contributed by atoms with Crippen LogP contribution < -0.4 is 10.6 Å². The van der Waals surface area contributed by atoms with Crippen LogP contribution in [-0.2, 0) is 19.1 Å².